The van der Waals surface area contributed by atoms with E-state index in [1.165, 1.54) is 19.4 Å². The van der Waals surface area contributed by atoms with E-state index in [2.05, 4.69) is 39.3 Å². The third kappa shape index (κ3) is 2.48. The van der Waals surface area contributed by atoms with Crippen LogP contribution in [0.1, 0.15) is 33.6 Å². The Morgan fingerprint density at radius 2 is 2.00 bits per heavy atom. The lowest BCUT2D eigenvalue weighted by Crippen LogP contribution is -2.32. The molecule has 0 aromatic rings. The molecule has 0 saturated carbocycles. The molecule has 11 heavy (non-hydrogen) atoms. The molecule has 0 N–H and O–H groups in total. The Labute approximate surface area is 70.8 Å². The summed E-state index contributed by atoms with van der Waals surface area (Å²) in [5.74, 6) is 0.888. The number of hydrogen-bond donors (Lipinski definition) is 0. The molecule has 1 nitrogen and oxygen atoms in total. The predicted molar refractivity (Wildman–Crippen MR) is 49.1 cm³/mol. The molecule has 1 aliphatic rings. The molecule has 0 aromatic heterocycles. The Hall–Kier alpha value is -0.0400. The standard InChI is InChI=1S/C10H20N/c1-10(2,3)9-5-7-11(4)8-6-9/h7,9H,5-6,8H2,1-4H3/t9-/m0/s1. The molecular weight excluding hydrogens is 134 g/mol. The van der Waals surface area contributed by atoms with E-state index in [1.54, 1.807) is 0 Å². The number of hydrogen-bond acceptors (Lipinski definition) is 1. The van der Waals surface area contributed by atoms with Crippen molar-refractivity contribution >= 4 is 0 Å². The van der Waals surface area contributed by atoms with E-state index in [0.717, 1.165) is 5.92 Å². The largest absolute Gasteiger partial charge is 0.302 e. The fourth-order valence-electron chi connectivity index (χ4n) is 1.66. The number of likely N-dealkylation sites (tertiary alicyclic amines) is 1. The smallest absolute Gasteiger partial charge is 0.0251 e. The van der Waals surface area contributed by atoms with Gasteiger partial charge in [-0.05, 0) is 37.8 Å². The molecule has 65 valence electrons. The molecule has 0 aromatic carbocycles. The topological polar surface area (TPSA) is 3.24 Å². The fourth-order valence-corrected chi connectivity index (χ4v) is 1.66. The zero-order valence-corrected chi connectivity index (χ0v) is 8.22. The monoisotopic (exact) mass is 154 g/mol. The van der Waals surface area contributed by atoms with Crippen LogP contribution in [0.25, 0.3) is 0 Å². The van der Waals surface area contributed by atoms with Gasteiger partial charge in [0.25, 0.3) is 0 Å². The van der Waals surface area contributed by atoms with Gasteiger partial charge in [-0.15, -0.1) is 0 Å². The second kappa shape index (κ2) is 3.14. The van der Waals surface area contributed by atoms with Gasteiger partial charge in [0, 0.05) is 6.54 Å². The highest BCUT2D eigenvalue weighted by Gasteiger charge is 2.27. The molecular formula is C10H20N. The molecule has 1 aliphatic heterocycles. The minimum Gasteiger partial charge on any atom is -0.302 e. The average molecular weight is 154 g/mol. The molecule has 0 bridgehead atoms. The summed E-state index contributed by atoms with van der Waals surface area (Å²) in [6.45, 7) is 10.6. The molecule has 1 radical (unpaired) electrons. The van der Waals surface area contributed by atoms with Gasteiger partial charge in [0.1, 0.15) is 0 Å². The average Bonchev–Trinajstić information content (AvgIpc) is 1.86. The summed E-state index contributed by atoms with van der Waals surface area (Å²) in [4.78, 5) is 2.31. The molecule has 1 saturated heterocycles. The van der Waals surface area contributed by atoms with Crippen molar-refractivity contribution in [2.24, 2.45) is 11.3 Å². The fraction of sp³-hybridized carbons (Fsp3) is 0.900. The van der Waals surface area contributed by atoms with Crippen LogP contribution < -0.4 is 0 Å². The zero-order valence-electron chi connectivity index (χ0n) is 8.22. The third-order valence-corrected chi connectivity index (χ3v) is 2.76. The van der Waals surface area contributed by atoms with Crippen LogP contribution >= 0.6 is 0 Å². The summed E-state index contributed by atoms with van der Waals surface area (Å²) in [6.07, 6.45) is 2.62. The van der Waals surface area contributed by atoms with Crippen LogP contribution in [0.4, 0.5) is 0 Å². The highest BCUT2D eigenvalue weighted by atomic mass is 15.1. The number of piperidine rings is 1. The lowest BCUT2D eigenvalue weighted by atomic mass is 9.75. The molecule has 1 atom stereocenters. The molecule has 0 spiro atoms. The Balaban J connectivity index is 2.39. The van der Waals surface area contributed by atoms with Gasteiger partial charge in [0.05, 0.1) is 0 Å². The van der Waals surface area contributed by atoms with Gasteiger partial charge in [-0.2, -0.15) is 0 Å². The van der Waals surface area contributed by atoms with Crippen LogP contribution in [0.2, 0.25) is 0 Å². The summed E-state index contributed by atoms with van der Waals surface area (Å²) in [7, 11) is 2.17. The summed E-state index contributed by atoms with van der Waals surface area (Å²) in [6, 6.07) is 0. The second-order valence-electron chi connectivity index (χ2n) is 4.75. The first kappa shape index (κ1) is 9.05. The normalized spacial score (nSPS) is 24.0. The minimum absolute atomic E-state index is 0.498. The Morgan fingerprint density at radius 3 is 2.36 bits per heavy atom. The first-order chi connectivity index (χ1) is 5.00. The number of nitrogens with zero attached hydrogens (tertiary/aromatic N) is 1. The van der Waals surface area contributed by atoms with Crippen LogP contribution in [0.3, 0.4) is 0 Å². The zero-order chi connectivity index (χ0) is 8.48. The van der Waals surface area contributed by atoms with Gasteiger partial charge in [0.2, 0.25) is 0 Å². The lowest BCUT2D eigenvalue weighted by Gasteiger charge is -2.37. The molecule has 1 heteroatoms. The number of rotatable bonds is 0. The third-order valence-electron chi connectivity index (χ3n) is 2.76. The van der Waals surface area contributed by atoms with Gasteiger partial charge in [-0.1, -0.05) is 20.8 Å². The summed E-state index contributed by atoms with van der Waals surface area (Å²) in [5, 5.41) is 0. The second-order valence-corrected chi connectivity index (χ2v) is 4.75. The minimum atomic E-state index is 0.498. The predicted octanol–water partition coefficient (Wildman–Crippen LogP) is 2.54. The van der Waals surface area contributed by atoms with Crippen molar-refractivity contribution in [2.45, 2.75) is 33.6 Å². The van der Waals surface area contributed by atoms with Gasteiger partial charge in [-0.3, -0.25) is 0 Å². The van der Waals surface area contributed by atoms with Gasteiger partial charge >= 0.3 is 0 Å². The van der Waals surface area contributed by atoms with E-state index in [0.29, 0.717) is 5.41 Å². The van der Waals surface area contributed by atoms with Crippen molar-refractivity contribution in [2.75, 3.05) is 13.6 Å². The van der Waals surface area contributed by atoms with Crippen molar-refractivity contribution in [3.8, 4) is 0 Å². The molecule has 1 heterocycles. The van der Waals surface area contributed by atoms with E-state index in [9.17, 15) is 0 Å². The van der Waals surface area contributed by atoms with Crippen molar-refractivity contribution in [3.63, 3.8) is 0 Å². The lowest BCUT2D eigenvalue weighted by molar-refractivity contribution is 0.157. The van der Waals surface area contributed by atoms with E-state index in [4.69, 9.17) is 0 Å². The van der Waals surface area contributed by atoms with Gasteiger partial charge in [-0.25, -0.2) is 0 Å². The van der Waals surface area contributed by atoms with Gasteiger partial charge < -0.3 is 4.90 Å². The van der Waals surface area contributed by atoms with Crippen LogP contribution in [-0.2, 0) is 0 Å². The Morgan fingerprint density at radius 1 is 1.36 bits per heavy atom. The maximum atomic E-state index is 2.34. The van der Waals surface area contributed by atoms with Crippen LogP contribution in [0.5, 0.6) is 0 Å². The first-order valence-corrected chi connectivity index (χ1v) is 4.54. The summed E-state index contributed by atoms with van der Waals surface area (Å²) < 4.78 is 0. The van der Waals surface area contributed by atoms with E-state index in [-0.39, 0.29) is 0 Å². The maximum absolute atomic E-state index is 2.34. The van der Waals surface area contributed by atoms with E-state index < -0.39 is 0 Å². The first-order valence-electron chi connectivity index (χ1n) is 4.54. The van der Waals surface area contributed by atoms with Crippen molar-refractivity contribution < 1.29 is 0 Å². The van der Waals surface area contributed by atoms with Crippen molar-refractivity contribution in [1.29, 1.82) is 0 Å². The van der Waals surface area contributed by atoms with E-state index >= 15 is 0 Å². The molecule has 0 unspecified atom stereocenters. The SMILES string of the molecule is CN1[CH]C[C@H](C(C)(C)C)CC1. The summed E-state index contributed by atoms with van der Waals surface area (Å²) in [5.41, 5.74) is 0.498. The highest BCUT2D eigenvalue weighted by Crippen LogP contribution is 2.34. The summed E-state index contributed by atoms with van der Waals surface area (Å²) >= 11 is 0. The molecule has 0 amide bonds. The Bertz CT molecular complexity index is 115. The molecule has 1 rings (SSSR count). The van der Waals surface area contributed by atoms with E-state index in [1.807, 2.05) is 0 Å². The van der Waals surface area contributed by atoms with Crippen LogP contribution in [0, 0.1) is 17.9 Å². The van der Waals surface area contributed by atoms with Crippen molar-refractivity contribution in [3.05, 3.63) is 6.54 Å². The Kier molecular flexibility index (Phi) is 2.58. The molecule has 0 aliphatic carbocycles. The quantitative estimate of drug-likeness (QED) is 0.518. The van der Waals surface area contributed by atoms with Crippen molar-refractivity contribution in [1.82, 2.24) is 4.90 Å². The van der Waals surface area contributed by atoms with Crippen LogP contribution in [-0.4, -0.2) is 18.5 Å². The van der Waals surface area contributed by atoms with Crippen LogP contribution in [0.15, 0.2) is 0 Å². The highest BCUT2D eigenvalue weighted by molar-refractivity contribution is 4.84. The molecule has 1 fully saturated rings. The maximum Gasteiger partial charge on any atom is 0.0251 e. The van der Waals surface area contributed by atoms with Gasteiger partial charge in [0.15, 0.2) is 0 Å².